The number of halogens is 2. The van der Waals surface area contributed by atoms with Crippen LogP contribution in [0.3, 0.4) is 0 Å². The van der Waals surface area contributed by atoms with Gasteiger partial charge in [-0.2, -0.15) is 4.39 Å². The van der Waals surface area contributed by atoms with Gasteiger partial charge in [0.1, 0.15) is 11.4 Å². The summed E-state index contributed by atoms with van der Waals surface area (Å²) < 4.78 is 26.1. The summed E-state index contributed by atoms with van der Waals surface area (Å²) in [4.78, 5) is 19.5. The summed E-state index contributed by atoms with van der Waals surface area (Å²) in [6, 6.07) is 0.982. The number of carboxylic acid groups (broad SMARTS) is 1. The molecule has 86 valence electrons. The molecule has 1 atom stereocenters. The van der Waals surface area contributed by atoms with Crippen LogP contribution in [0.1, 0.15) is 11.7 Å². The minimum atomic E-state index is -2.49. The fraction of sp³-hybridized carbons (Fsp3) is 0.125. The standard InChI is InChI=1S/C8H5F2NO5/c9-3-1-2-4(10)6(11(15)16)5(3)7(12)8(13)14/h1-2,7,12H,(H,13,14). The number of hydrogen-bond donors (Lipinski definition) is 2. The van der Waals surface area contributed by atoms with E-state index in [1.165, 1.54) is 0 Å². The van der Waals surface area contributed by atoms with Gasteiger partial charge in [-0.25, -0.2) is 9.18 Å². The van der Waals surface area contributed by atoms with E-state index in [0.29, 0.717) is 12.1 Å². The molecule has 0 aliphatic rings. The molecule has 1 aromatic carbocycles. The lowest BCUT2D eigenvalue weighted by Gasteiger charge is -2.08. The molecule has 1 unspecified atom stereocenters. The second-order valence-electron chi connectivity index (χ2n) is 2.79. The fourth-order valence-electron chi connectivity index (χ4n) is 1.13. The van der Waals surface area contributed by atoms with E-state index >= 15 is 0 Å². The Morgan fingerprint density at radius 2 is 1.88 bits per heavy atom. The van der Waals surface area contributed by atoms with E-state index in [1.807, 2.05) is 0 Å². The monoisotopic (exact) mass is 233 g/mol. The first-order valence-electron chi connectivity index (χ1n) is 3.89. The molecule has 0 amide bonds. The van der Waals surface area contributed by atoms with Crippen molar-refractivity contribution in [3.8, 4) is 0 Å². The van der Waals surface area contributed by atoms with E-state index in [4.69, 9.17) is 10.2 Å². The average Bonchev–Trinajstić information content (AvgIpc) is 2.19. The SMILES string of the molecule is O=C(O)C(O)c1c(F)ccc(F)c1[N+](=O)[O-]. The van der Waals surface area contributed by atoms with Gasteiger partial charge in [0, 0.05) is 0 Å². The van der Waals surface area contributed by atoms with Crippen molar-refractivity contribution < 1.29 is 28.7 Å². The van der Waals surface area contributed by atoms with Crippen LogP contribution in [0.5, 0.6) is 0 Å². The van der Waals surface area contributed by atoms with Crippen molar-refractivity contribution in [1.29, 1.82) is 0 Å². The number of carboxylic acids is 1. The van der Waals surface area contributed by atoms with Crippen LogP contribution >= 0.6 is 0 Å². The van der Waals surface area contributed by atoms with Gasteiger partial charge < -0.3 is 10.2 Å². The van der Waals surface area contributed by atoms with Crippen LogP contribution in [0.25, 0.3) is 0 Å². The molecule has 1 aromatic rings. The van der Waals surface area contributed by atoms with Crippen molar-refractivity contribution in [2.24, 2.45) is 0 Å². The highest BCUT2D eigenvalue weighted by Crippen LogP contribution is 2.30. The molecule has 0 spiro atoms. The molecule has 6 nitrogen and oxygen atoms in total. The summed E-state index contributed by atoms with van der Waals surface area (Å²) >= 11 is 0. The molecule has 0 saturated heterocycles. The van der Waals surface area contributed by atoms with Crippen molar-refractivity contribution >= 4 is 11.7 Å². The molecule has 8 heteroatoms. The minimum absolute atomic E-state index is 0.478. The summed E-state index contributed by atoms with van der Waals surface area (Å²) in [5.41, 5.74) is -2.58. The van der Waals surface area contributed by atoms with Crippen LogP contribution in [0.15, 0.2) is 12.1 Å². The summed E-state index contributed by atoms with van der Waals surface area (Å²) in [5.74, 6) is -4.68. The molecule has 2 N–H and O–H groups in total. The van der Waals surface area contributed by atoms with Crippen molar-refractivity contribution in [3.63, 3.8) is 0 Å². The molecular formula is C8H5F2NO5. The molecule has 0 heterocycles. The fourth-order valence-corrected chi connectivity index (χ4v) is 1.13. The maximum Gasteiger partial charge on any atom is 0.337 e. The van der Waals surface area contributed by atoms with Crippen LogP contribution < -0.4 is 0 Å². The number of aliphatic hydroxyl groups is 1. The van der Waals surface area contributed by atoms with E-state index < -0.39 is 39.9 Å². The third-order valence-corrected chi connectivity index (χ3v) is 1.80. The Morgan fingerprint density at radius 3 is 2.31 bits per heavy atom. The Bertz CT molecular complexity index is 462. The van der Waals surface area contributed by atoms with E-state index in [9.17, 15) is 23.7 Å². The van der Waals surface area contributed by atoms with Gasteiger partial charge in [-0.3, -0.25) is 10.1 Å². The first kappa shape index (κ1) is 12.0. The van der Waals surface area contributed by atoms with Gasteiger partial charge in [0.05, 0.1) is 4.92 Å². The number of aliphatic carboxylic acids is 1. The second kappa shape index (κ2) is 4.19. The van der Waals surface area contributed by atoms with Crippen LogP contribution in [0.4, 0.5) is 14.5 Å². The van der Waals surface area contributed by atoms with E-state index in [1.54, 1.807) is 0 Å². The minimum Gasteiger partial charge on any atom is -0.479 e. The average molecular weight is 233 g/mol. The van der Waals surface area contributed by atoms with Crippen molar-refractivity contribution in [2.45, 2.75) is 6.10 Å². The van der Waals surface area contributed by atoms with Gasteiger partial charge >= 0.3 is 11.7 Å². The Morgan fingerprint density at radius 1 is 1.38 bits per heavy atom. The lowest BCUT2D eigenvalue weighted by atomic mass is 10.1. The van der Waals surface area contributed by atoms with E-state index in [0.717, 1.165) is 0 Å². The highest BCUT2D eigenvalue weighted by Gasteiger charge is 2.32. The maximum atomic E-state index is 13.1. The van der Waals surface area contributed by atoms with Crippen molar-refractivity contribution in [3.05, 3.63) is 39.4 Å². The van der Waals surface area contributed by atoms with Gasteiger partial charge in [0.2, 0.25) is 5.82 Å². The van der Waals surface area contributed by atoms with Gasteiger partial charge in [-0.15, -0.1) is 0 Å². The molecule has 1 rings (SSSR count). The first-order valence-corrected chi connectivity index (χ1v) is 3.89. The van der Waals surface area contributed by atoms with E-state index in [2.05, 4.69) is 0 Å². The largest absolute Gasteiger partial charge is 0.479 e. The molecule has 16 heavy (non-hydrogen) atoms. The zero-order valence-corrected chi connectivity index (χ0v) is 7.55. The summed E-state index contributed by atoms with van der Waals surface area (Å²) in [6.07, 6.45) is -2.49. The molecule has 0 aliphatic heterocycles. The summed E-state index contributed by atoms with van der Waals surface area (Å²) in [5, 5.41) is 27.8. The van der Waals surface area contributed by atoms with Gasteiger partial charge in [0.15, 0.2) is 6.10 Å². The van der Waals surface area contributed by atoms with Gasteiger partial charge in [0.25, 0.3) is 0 Å². The Labute approximate surface area is 86.9 Å². The Hall–Kier alpha value is -2.09. The summed E-state index contributed by atoms with van der Waals surface area (Å²) in [6.45, 7) is 0. The molecule has 0 bridgehead atoms. The summed E-state index contributed by atoms with van der Waals surface area (Å²) in [7, 11) is 0. The third kappa shape index (κ3) is 1.96. The zero-order chi connectivity index (χ0) is 12.5. The Kier molecular flexibility index (Phi) is 3.14. The molecule has 0 saturated carbocycles. The molecule has 0 aliphatic carbocycles. The Balaban J connectivity index is 3.52. The number of carbonyl (C=O) groups is 1. The third-order valence-electron chi connectivity index (χ3n) is 1.80. The van der Waals surface area contributed by atoms with Crippen LogP contribution in [-0.4, -0.2) is 21.1 Å². The lowest BCUT2D eigenvalue weighted by Crippen LogP contribution is -2.15. The number of aliphatic hydroxyl groups excluding tert-OH is 1. The highest BCUT2D eigenvalue weighted by molar-refractivity contribution is 5.76. The second-order valence-corrected chi connectivity index (χ2v) is 2.79. The van der Waals surface area contributed by atoms with Crippen molar-refractivity contribution in [2.75, 3.05) is 0 Å². The topological polar surface area (TPSA) is 101 Å². The number of nitro groups is 1. The number of nitro benzene ring substituents is 1. The normalized spacial score (nSPS) is 12.2. The number of nitrogens with zero attached hydrogens (tertiary/aromatic N) is 1. The zero-order valence-electron chi connectivity index (χ0n) is 7.55. The van der Waals surface area contributed by atoms with Crippen LogP contribution in [0.2, 0.25) is 0 Å². The van der Waals surface area contributed by atoms with Crippen LogP contribution in [-0.2, 0) is 4.79 Å². The van der Waals surface area contributed by atoms with E-state index in [-0.39, 0.29) is 0 Å². The highest BCUT2D eigenvalue weighted by atomic mass is 19.1. The van der Waals surface area contributed by atoms with Gasteiger partial charge in [-0.05, 0) is 12.1 Å². The maximum absolute atomic E-state index is 13.1. The number of benzene rings is 1. The lowest BCUT2D eigenvalue weighted by molar-refractivity contribution is -0.389. The first-order chi connectivity index (χ1) is 7.36. The predicted octanol–water partition coefficient (Wildman–Crippen LogP) is 0.991. The van der Waals surface area contributed by atoms with Crippen LogP contribution in [0, 0.1) is 21.7 Å². The number of rotatable bonds is 3. The van der Waals surface area contributed by atoms with Crippen molar-refractivity contribution in [1.82, 2.24) is 0 Å². The number of hydrogen-bond acceptors (Lipinski definition) is 4. The molecular weight excluding hydrogens is 228 g/mol. The molecule has 0 fully saturated rings. The predicted molar refractivity (Wildman–Crippen MR) is 45.6 cm³/mol. The molecule has 0 aromatic heterocycles. The molecule has 0 radical (unpaired) electrons. The quantitative estimate of drug-likeness (QED) is 0.598. The smallest absolute Gasteiger partial charge is 0.337 e. The van der Waals surface area contributed by atoms with Gasteiger partial charge in [-0.1, -0.05) is 0 Å².